The molecule has 1 N–H and O–H groups in total. The van der Waals surface area contributed by atoms with Crippen LogP contribution >= 0.6 is 11.3 Å². The molecule has 8 heteroatoms. The van der Waals surface area contributed by atoms with Crippen LogP contribution in [-0.2, 0) is 4.79 Å². The van der Waals surface area contributed by atoms with Crippen LogP contribution in [-0.4, -0.2) is 36.4 Å². The Morgan fingerprint density at radius 2 is 1.93 bits per heavy atom. The molecule has 3 rings (SSSR count). The van der Waals surface area contributed by atoms with Crippen LogP contribution in [0, 0.1) is 5.92 Å². The van der Waals surface area contributed by atoms with Gasteiger partial charge in [0.25, 0.3) is 5.91 Å². The van der Waals surface area contributed by atoms with Crippen molar-refractivity contribution in [1.29, 1.82) is 0 Å². The molecule has 1 saturated heterocycles. The Bertz CT molecular complexity index is 821. The van der Waals surface area contributed by atoms with E-state index in [0.717, 1.165) is 0 Å². The van der Waals surface area contributed by atoms with Crippen molar-refractivity contribution in [2.45, 2.75) is 38.8 Å². The monoisotopic (exact) mass is 422 g/mol. The maximum atomic E-state index is 12.8. The van der Waals surface area contributed by atoms with Crippen LogP contribution in [0.2, 0.25) is 0 Å². The number of amides is 2. The highest BCUT2D eigenvalue weighted by atomic mass is 32.1. The van der Waals surface area contributed by atoms with E-state index in [2.05, 4.69) is 10.1 Å². The molecule has 1 aliphatic rings. The largest absolute Gasteiger partial charge is 0.434 e. The standard InChI is InChI=1S/C21H24F2N2O3S/c1-2-16(15-6-3-4-7-17(15)28-21(22)23)24-19(26)14-9-11-25(12-10-14)20(27)18-8-5-13-29-18/h3-8,13-14,16,21H,2,9-12H2,1H3,(H,24,26). The molecule has 0 spiro atoms. The second-order valence-electron chi connectivity index (χ2n) is 6.93. The van der Waals surface area contributed by atoms with Crippen LogP contribution < -0.4 is 10.1 Å². The topological polar surface area (TPSA) is 58.6 Å². The third-order valence-electron chi connectivity index (χ3n) is 5.12. The number of piperidine rings is 1. The lowest BCUT2D eigenvalue weighted by atomic mass is 9.94. The molecule has 1 aliphatic heterocycles. The lowest BCUT2D eigenvalue weighted by Gasteiger charge is -2.32. The molecule has 0 saturated carbocycles. The summed E-state index contributed by atoms with van der Waals surface area (Å²) < 4.78 is 30.0. The average molecular weight is 422 g/mol. The predicted molar refractivity (Wildman–Crippen MR) is 107 cm³/mol. The summed E-state index contributed by atoms with van der Waals surface area (Å²) in [6, 6.07) is 9.75. The van der Waals surface area contributed by atoms with Gasteiger partial charge in [0.2, 0.25) is 5.91 Å². The molecule has 2 amide bonds. The lowest BCUT2D eigenvalue weighted by Crippen LogP contribution is -2.43. The minimum absolute atomic E-state index is 0.00312. The van der Waals surface area contributed by atoms with E-state index in [-0.39, 0.29) is 23.5 Å². The van der Waals surface area contributed by atoms with E-state index in [0.29, 0.717) is 42.8 Å². The minimum Gasteiger partial charge on any atom is -0.434 e. The van der Waals surface area contributed by atoms with E-state index in [1.54, 1.807) is 29.2 Å². The van der Waals surface area contributed by atoms with Crippen molar-refractivity contribution in [2.75, 3.05) is 13.1 Å². The van der Waals surface area contributed by atoms with E-state index in [4.69, 9.17) is 0 Å². The molecule has 5 nitrogen and oxygen atoms in total. The van der Waals surface area contributed by atoms with E-state index in [1.807, 2.05) is 18.4 Å². The number of alkyl halides is 2. The summed E-state index contributed by atoms with van der Waals surface area (Å²) in [7, 11) is 0. The van der Waals surface area contributed by atoms with Crippen molar-refractivity contribution in [1.82, 2.24) is 10.2 Å². The SMILES string of the molecule is CCC(NC(=O)C1CCN(C(=O)c2cccs2)CC1)c1ccccc1OC(F)F. The predicted octanol–water partition coefficient (Wildman–Crippen LogP) is 4.47. The van der Waals surface area contributed by atoms with Gasteiger partial charge in [0.1, 0.15) is 5.75 Å². The average Bonchev–Trinajstić information content (AvgIpc) is 3.26. The van der Waals surface area contributed by atoms with Crippen molar-refractivity contribution in [2.24, 2.45) is 5.92 Å². The molecule has 156 valence electrons. The molecule has 1 aromatic carbocycles. The number of benzene rings is 1. The Balaban J connectivity index is 1.59. The summed E-state index contributed by atoms with van der Waals surface area (Å²) in [5.74, 6) is -0.249. The first kappa shape index (κ1) is 21.2. The first-order valence-electron chi connectivity index (χ1n) is 9.66. The van der Waals surface area contributed by atoms with Crippen molar-refractivity contribution in [3.05, 3.63) is 52.2 Å². The second kappa shape index (κ2) is 9.82. The Labute approximate surface area is 172 Å². The summed E-state index contributed by atoms with van der Waals surface area (Å²) in [5.41, 5.74) is 0.536. The van der Waals surface area contributed by atoms with Gasteiger partial charge in [-0.05, 0) is 36.8 Å². The van der Waals surface area contributed by atoms with Gasteiger partial charge in [-0.1, -0.05) is 31.2 Å². The van der Waals surface area contributed by atoms with Crippen molar-refractivity contribution in [3.63, 3.8) is 0 Å². The van der Waals surface area contributed by atoms with Crippen LogP contribution in [0.3, 0.4) is 0 Å². The van der Waals surface area contributed by atoms with Gasteiger partial charge in [0, 0.05) is 24.6 Å². The normalized spacial score (nSPS) is 15.9. The molecular formula is C21H24F2N2O3S. The highest BCUT2D eigenvalue weighted by Gasteiger charge is 2.29. The van der Waals surface area contributed by atoms with E-state index < -0.39 is 12.7 Å². The molecule has 2 heterocycles. The van der Waals surface area contributed by atoms with Gasteiger partial charge in [0.15, 0.2) is 0 Å². The highest BCUT2D eigenvalue weighted by molar-refractivity contribution is 7.12. The number of ether oxygens (including phenoxy) is 1. The van der Waals surface area contributed by atoms with Crippen LogP contribution in [0.15, 0.2) is 41.8 Å². The number of carbonyl (C=O) groups excluding carboxylic acids is 2. The van der Waals surface area contributed by atoms with Crippen molar-refractivity contribution < 1.29 is 23.1 Å². The zero-order valence-corrected chi connectivity index (χ0v) is 17.0. The summed E-state index contributed by atoms with van der Waals surface area (Å²) in [5, 5.41) is 4.84. The number of nitrogens with one attached hydrogen (secondary N) is 1. The molecule has 1 fully saturated rings. The Hall–Kier alpha value is -2.48. The van der Waals surface area contributed by atoms with Gasteiger partial charge in [-0.2, -0.15) is 8.78 Å². The fourth-order valence-electron chi connectivity index (χ4n) is 3.56. The summed E-state index contributed by atoms with van der Waals surface area (Å²) in [6.45, 7) is 0.00864. The number of para-hydroxylation sites is 1. The van der Waals surface area contributed by atoms with Crippen LogP contribution in [0.25, 0.3) is 0 Å². The maximum absolute atomic E-state index is 12.8. The summed E-state index contributed by atoms with van der Waals surface area (Å²) in [4.78, 5) is 27.7. The molecule has 0 bridgehead atoms. The van der Waals surface area contributed by atoms with Gasteiger partial charge in [0.05, 0.1) is 10.9 Å². The number of carbonyl (C=O) groups is 2. The number of hydrogen-bond donors (Lipinski definition) is 1. The Morgan fingerprint density at radius 1 is 1.21 bits per heavy atom. The Kier molecular flexibility index (Phi) is 7.19. The molecule has 29 heavy (non-hydrogen) atoms. The number of nitrogens with zero attached hydrogens (tertiary/aromatic N) is 1. The summed E-state index contributed by atoms with van der Waals surface area (Å²) >= 11 is 1.41. The summed E-state index contributed by atoms with van der Waals surface area (Å²) in [6.07, 6.45) is 1.70. The first-order valence-corrected chi connectivity index (χ1v) is 10.5. The van der Waals surface area contributed by atoms with Gasteiger partial charge in [-0.15, -0.1) is 11.3 Å². The maximum Gasteiger partial charge on any atom is 0.387 e. The third-order valence-corrected chi connectivity index (χ3v) is 5.98. The zero-order chi connectivity index (χ0) is 20.8. The first-order chi connectivity index (χ1) is 14.0. The number of halogens is 2. The number of likely N-dealkylation sites (tertiary alicyclic amines) is 1. The fourth-order valence-corrected chi connectivity index (χ4v) is 4.25. The molecule has 1 unspecified atom stereocenters. The molecule has 0 aliphatic carbocycles. The quantitative estimate of drug-likeness (QED) is 0.716. The zero-order valence-electron chi connectivity index (χ0n) is 16.1. The number of hydrogen-bond acceptors (Lipinski definition) is 4. The van der Waals surface area contributed by atoms with E-state index >= 15 is 0 Å². The van der Waals surface area contributed by atoms with E-state index in [9.17, 15) is 18.4 Å². The fraction of sp³-hybridized carbons (Fsp3) is 0.429. The number of rotatable bonds is 7. The molecule has 0 radical (unpaired) electrons. The van der Waals surface area contributed by atoms with Crippen LogP contribution in [0.4, 0.5) is 8.78 Å². The van der Waals surface area contributed by atoms with Gasteiger partial charge < -0.3 is 15.0 Å². The van der Waals surface area contributed by atoms with Crippen LogP contribution in [0.1, 0.15) is 47.5 Å². The molecule has 2 aromatic rings. The van der Waals surface area contributed by atoms with Gasteiger partial charge >= 0.3 is 6.61 Å². The smallest absolute Gasteiger partial charge is 0.387 e. The molecule has 1 aromatic heterocycles. The second-order valence-corrected chi connectivity index (χ2v) is 7.88. The number of thiophene rings is 1. The minimum atomic E-state index is -2.92. The van der Waals surface area contributed by atoms with Crippen molar-refractivity contribution in [3.8, 4) is 5.75 Å². The van der Waals surface area contributed by atoms with Crippen LogP contribution in [0.5, 0.6) is 5.75 Å². The molecule has 1 atom stereocenters. The lowest BCUT2D eigenvalue weighted by molar-refractivity contribution is -0.127. The highest BCUT2D eigenvalue weighted by Crippen LogP contribution is 2.29. The van der Waals surface area contributed by atoms with Gasteiger partial charge in [-0.25, -0.2) is 0 Å². The van der Waals surface area contributed by atoms with E-state index in [1.165, 1.54) is 17.4 Å². The Morgan fingerprint density at radius 3 is 2.55 bits per heavy atom. The van der Waals surface area contributed by atoms with Crippen molar-refractivity contribution >= 4 is 23.2 Å². The third kappa shape index (κ3) is 5.32. The van der Waals surface area contributed by atoms with Gasteiger partial charge in [-0.3, -0.25) is 9.59 Å². The molecular weight excluding hydrogens is 398 g/mol.